The number of fused-ring (bicyclic) bond motifs is 1. The Kier molecular flexibility index (Phi) is 2.97. The summed E-state index contributed by atoms with van der Waals surface area (Å²) in [6.45, 7) is 0. The number of methoxy groups -OCH3 is 1. The van der Waals surface area contributed by atoms with Gasteiger partial charge in [-0.2, -0.15) is 0 Å². The van der Waals surface area contributed by atoms with Crippen molar-refractivity contribution in [2.24, 2.45) is 0 Å². The van der Waals surface area contributed by atoms with Gasteiger partial charge in [0.05, 0.1) is 13.2 Å². The lowest BCUT2D eigenvalue weighted by molar-refractivity contribution is 0.414. The van der Waals surface area contributed by atoms with E-state index in [1.165, 1.54) is 29.3 Å². The fourth-order valence-electron chi connectivity index (χ4n) is 2.78. The fourth-order valence-corrected chi connectivity index (χ4v) is 2.78. The predicted molar refractivity (Wildman–Crippen MR) is 78.5 cm³/mol. The molecule has 0 N–H and O–H groups in total. The molecule has 1 fully saturated rings. The minimum absolute atomic E-state index is 0.522. The molecule has 0 radical (unpaired) electrons. The first kappa shape index (κ1) is 12.2. The second-order valence-electron chi connectivity index (χ2n) is 5.37. The summed E-state index contributed by atoms with van der Waals surface area (Å²) in [7, 11) is 5.88. The summed E-state index contributed by atoms with van der Waals surface area (Å²) in [5.74, 6) is 0.919. The first-order valence-corrected chi connectivity index (χ1v) is 6.70. The molecule has 2 aromatic rings. The largest absolute Gasteiger partial charge is 0.497 e. The Labute approximate surface area is 114 Å². The van der Waals surface area contributed by atoms with Crippen LogP contribution in [-0.2, 0) is 0 Å². The predicted octanol–water partition coefficient (Wildman–Crippen LogP) is 3.43. The summed E-state index contributed by atoms with van der Waals surface area (Å²) in [5, 5.41) is 1.25. The van der Waals surface area contributed by atoms with E-state index in [0.29, 0.717) is 6.04 Å². The molecule has 3 rings (SSSR count). The van der Waals surface area contributed by atoms with Crippen LogP contribution in [0, 0.1) is 0 Å². The van der Waals surface area contributed by atoms with E-state index in [9.17, 15) is 0 Å². The van der Waals surface area contributed by atoms with Crippen molar-refractivity contribution >= 4 is 10.9 Å². The SMILES string of the molecule is COc1ccc2c(ccn2C2CC/C2=C\N(C)C)c1. The first-order chi connectivity index (χ1) is 9.19. The standard InChI is InChI=1S/C16H20N2O/c1-17(2)11-13-4-6-16(13)18-9-8-12-10-14(19-3)5-7-15(12)18/h5,7-11,16H,4,6H2,1-3H3/b13-11+. The van der Waals surface area contributed by atoms with Crippen LogP contribution < -0.4 is 4.74 Å². The highest BCUT2D eigenvalue weighted by molar-refractivity contribution is 5.82. The zero-order valence-electron chi connectivity index (χ0n) is 11.8. The van der Waals surface area contributed by atoms with E-state index in [2.05, 4.69) is 54.2 Å². The average molecular weight is 256 g/mol. The highest BCUT2D eigenvalue weighted by atomic mass is 16.5. The third-order valence-electron chi connectivity index (χ3n) is 3.82. The van der Waals surface area contributed by atoms with Crippen LogP contribution in [0.15, 0.2) is 42.2 Å². The molecule has 1 saturated carbocycles. The van der Waals surface area contributed by atoms with Gasteiger partial charge in [-0.25, -0.2) is 0 Å². The van der Waals surface area contributed by atoms with Crippen LogP contribution in [-0.4, -0.2) is 30.7 Å². The second-order valence-corrected chi connectivity index (χ2v) is 5.37. The van der Waals surface area contributed by atoms with Crippen molar-refractivity contribution in [3.63, 3.8) is 0 Å². The van der Waals surface area contributed by atoms with Crippen molar-refractivity contribution in [2.75, 3.05) is 21.2 Å². The normalized spacial score (nSPS) is 20.6. The van der Waals surface area contributed by atoms with Gasteiger partial charge in [-0.15, -0.1) is 0 Å². The van der Waals surface area contributed by atoms with Gasteiger partial charge < -0.3 is 14.2 Å². The summed E-state index contributed by atoms with van der Waals surface area (Å²) in [6, 6.07) is 8.98. The van der Waals surface area contributed by atoms with Crippen LogP contribution in [0.4, 0.5) is 0 Å². The molecular formula is C16H20N2O. The zero-order chi connectivity index (χ0) is 13.4. The molecule has 1 aliphatic carbocycles. The van der Waals surface area contributed by atoms with Gasteiger partial charge >= 0.3 is 0 Å². The number of allylic oxidation sites excluding steroid dienone is 1. The maximum absolute atomic E-state index is 5.28. The fraction of sp³-hybridized carbons (Fsp3) is 0.375. The van der Waals surface area contributed by atoms with Crippen molar-refractivity contribution < 1.29 is 4.74 Å². The summed E-state index contributed by atoms with van der Waals surface area (Å²) < 4.78 is 7.66. The third kappa shape index (κ3) is 2.09. The van der Waals surface area contributed by atoms with Gasteiger partial charge in [-0.1, -0.05) is 0 Å². The van der Waals surface area contributed by atoms with E-state index in [1.54, 1.807) is 7.11 Å². The molecule has 19 heavy (non-hydrogen) atoms. The van der Waals surface area contributed by atoms with Gasteiger partial charge in [0, 0.05) is 31.2 Å². The van der Waals surface area contributed by atoms with Crippen molar-refractivity contribution in [3.8, 4) is 5.75 Å². The smallest absolute Gasteiger partial charge is 0.119 e. The summed E-state index contributed by atoms with van der Waals surface area (Å²) in [4.78, 5) is 2.14. The highest BCUT2D eigenvalue weighted by Crippen LogP contribution is 2.40. The van der Waals surface area contributed by atoms with Crippen LogP contribution in [0.2, 0.25) is 0 Å². The first-order valence-electron chi connectivity index (χ1n) is 6.70. The van der Waals surface area contributed by atoms with Crippen molar-refractivity contribution in [2.45, 2.75) is 18.9 Å². The summed E-state index contributed by atoms with van der Waals surface area (Å²) >= 11 is 0. The number of hydrogen-bond donors (Lipinski definition) is 0. The van der Waals surface area contributed by atoms with E-state index in [0.717, 1.165) is 5.75 Å². The van der Waals surface area contributed by atoms with Crippen LogP contribution >= 0.6 is 0 Å². The molecule has 0 saturated heterocycles. The maximum Gasteiger partial charge on any atom is 0.119 e. The highest BCUT2D eigenvalue weighted by Gasteiger charge is 2.26. The molecule has 0 aliphatic heterocycles. The number of rotatable bonds is 3. The Hall–Kier alpha value is -1.90. The number of ether oxygens (including phenoxy) is 1. The molecule has 0 amide bonds. The Balaban J connectivity index is 1.98. The van der Waals surface area contributed by atoms with Gasteiger partial charge in [0.2, 0.25) is 0 Å². The molecule has 1 unspecified atom stereocenters. The summed E-state index contributed by atoms with van der Waals surface area (Å²) in [5.41, 5.74) is 2.80. The van der Waals surface area contributed by atoms with Crippen LogP contribution in [0.25, 0.3) is 10.9 Å². The number of benzene rings is 1. The lowest BCUT2D eigenvalue weighted by atomic mass is 9.86. The van der Waals surface area contributed by atoms with Gasteiger partial charge in [-0.3, -0.25) is 0 Å². The Morgan fingerprint density at radius 1 is 1.32 bits per heavy atom. The van der Waals surface area contributed by atoms with Crippen molar-refractivity contribution in [1.29, 1.82) is 0 Å². The Morgan fingerprint density at radius 3 is 2.79 bits per heavy atom. The van der Waals surface area contributed by atoms with E-state index in [4.69, 9.17) is 4.74 Å². The topological polar surface area (TPSA) is 17.4 Å². The molecule has 0 spiro atoms. The Morgan fingerprint density at radius 2 is 2.16 bits per heavy atom. The molecule has 1 aromatic heterocycles. The third-order valence-corrected chi connectivity index (χ3v) is 3.82. The van der Waals surface area contributed by atoms with Crippen LogP contribution in [0.3, 0.4) is 0 Å². The summed E-state index contributed by atoms with van der Waals surface area (Å²) in [6.07, 6.45) is 6.88. The monoisotopic (exact) mass is 256 g/mol. The maximum atomic E-state index is 5.28. The lowest BCUT2D eigenvalue weighted by Gasteiger charge is -2.33. The Bertz CT molecular complexity index is 625. The van der Waals surface area contributed by atoms with Crippen LogP contribution in [0.1, 0.15) is 18.9 Å². The minimum Gasteiger partial charge on any atom is -0.497 e. The molecular weight excluding hydrogens is 236 g/mol. The van der Waals surface area contributed by atoms with Gasteiger partial charge in [0.15, 0.2) is 0 Å². The molecule has 1 aliphatic rings. The number of aromatic nitrogens is 1. The minimum atomic E-state index is 0.522. The lowest BCUT2D eigenvalue weighted by Crippen LogP contribution is -2.22. The molecule has 3 heteroatoms. The second kappa shape index (κ2) is 4.65. The van der Waals surface area contributed by atoms with Gasteiger partial charge in [0.1, 0.15) is 5.75 Å². The van der Waals surface area contributed by atoms with E-state index < -0.39 is 0 Å². The van der Waals surface area contributed by atoms with Gasteiger partial charge in [-0.05, 0) is 48.9 Å². The van der Waals surface area contributed by atoms with Gasteiger partial charge in [0.25, 0.3) is 0 Å². The van der Waals surface area contributed by atoms with Crippen molar-refractivity contribution in [1.82, 2.24) is 9.47 Å². The average Bonchev–Trinajstić information content (AvgIpc) is 2.77. The molecule has 100 valence electrons. The molecule has 1 heterocycles. The number of hydrogen-bond acceptors (Lipinski definition) is 2. The number of nitrogens with zero attached hydrogens (tertiary/aromatic N) is 2. The zero-order valence-corrected chi connectivity index (χ0v) is 11.8. The molecule has 0 bridgehead atoms. The molecule has 1 atom stereocenters. The molecule has 3 nitrogen and oxygen atoms in total. The van der Waals surface area contributed by atoms with E-state index in [-0.39, 0.29) is 0 Å². The van der Waals surface area contributed by atoms with E-state index in [1.807, 2.05) is 6.07 Å². The van der Waals surface area contributed by atoms with Crippen LogP contribution in [0.5, 0.6) is 5.75 Å². The molecule has 1 aromatic carbocycles. The van der Waals surface area contributed by atoms with E-state index >= 15 is 0 Å². The quantitative estimate of drug-likeness (QED) is 0.837. The van der Waals surface area contributed by atoms with Crippen molar-refractivity contribution in [3.05, 3.63) is 42.2 Å².